The van der Waals surface area contributed by atoms with E-state index < -0.39 is 0 Å². The maximum Gasteiger partial charge on any atom is 0.234 e. The van der Waals surface area contributed by atoms with Crippen LogP contribution in [0.15, 0.2) is 53.7 Å². The van der Waals surface area contributed by atoms with Crippen molar-refractivity contribution >= 4 is 23.4 Å². The van der Waals surface area contributed by atoms with Crippen LogP contribution in [0, 0.1) is 6.92 Å². The Kier molecular flexibility index (Phi) is 6.93. The average molecular weight is 411 g/mol. The molecule has 0 bridgehead atoms. The van der Waals surface area contributed by atoms with Crippen molar-refractivity contribution in [2.75, 3.05) is 11.1 Å². The van der Waals surface area contributed by atoms with Crippen LogP contribution in [0.4, 0.5) is 5.69 Å². The van der Waals surface area contributed by atoms with Gasteiger partial charge in [0.2, 0.25) is 5.91 Å². The van der Waals surface area contributed by atoms with Crippen molar-refractivity contribution in [3.8, 4) is 5.75 Å². The van der Waals surface area contributed by atoms with E-state index in [-0.39, 0.29) is 17.8 Å². The SMILES string of the molecule is CCc1ccc(O[C@@H](C)c2nnc(SCC(=O)Nc3ccc(C)cc3)n2C)cc1. The van der Waals surface area contributed by atoms with Gasteiger partial charge in [-0.15, -0.1) is 10.2 Å². The predicted octanol–water partition coefficient (Wildman–Crippen LogP) is 4.56. The molecule has 0 aliphatic carbocycles. The second-order valence-electron chi connectivity index (χ2n) is 6.86. The van der Waals surface area contributed by atoms with Crippen LogP contribution in [-0.2, 0) is 18.3 Å². The highest BCUT2D eigenvalue weighted by molar-refractivity contribution is 7.99. The van der Waals surface area contributed by atoms with Crippen LogP contribution in [-0.4, -0.2) is 26.4 Å². The van der Waals surface area contributed by atoms with E-state index in [0.29, 0.717) is 11.0 Å². The lowest BCUT2D eigenvalue weighted by molar-refractivity contribution is -0.113. The number of rotatable bonds is 8. The number of amides is 1. The molecule has 7 heteroatoms. The Balaban J connectivity index is 1.56. The molecule has 2 aromatic carbocycles. The summed E-state index contributed by atoms with van der Waals surface area (Å²) >= 11 is 1.35. The van der Waals surface area contributed by atoms with Crippen LogP contribution in [0.3, 0.4) is 0 Å². The molecule has 3 aromatic rings. The molecular formula is C22H26N4O2S. The molecule has 0 aliphatic rings. The first-order valence-corrected chi connectivity index (χ1v) is 10.6. The summed E-state index contributed by atoms with van der Waals surface area (Å²) < 4.78 is 7.87. The number of carbonyl (C=O) groups is 1. The Labute approximate surface area is 175 Å². The Hall–Kier alpha value is -2.80. The van der Waals surface area contributed by atoms with E-state index in [1.807, 2.05) is 61.9 Å². The second-order valence-corrected chi connectivity index (χ2v) is 7.80. The Morgan fingerprint density at radius 2 is 1.83 bits per heavy atom. The third-order valence-electron chi connectivity index (χ3n) is 4.54. The van der Waals surface area contributed by atoms with Gasteiger partial charge >= 0.3 is 0 Å². The van der Waals surface area contributed by atoms with E-state index in [9.17, 15) is 4.79 Å². The van der Waals surface area contributed by atoms with Gasteiger partial charge in [0, 0.05) is 12.7 Å². The van der Waals surface area contributed by atoms with E-state index in [4.69, 9.17) is 4.74 Å². The van der Waals surface area contributed by atoms with Gasteiger partial charge in [-0.2, -0.15) is 0 Å². The molecule has 1 amide bonds. The van der Waals surface area contributed by atoms with Crippen molar-refractivity contribution in [1.29, 1.82) is 0 Å². The predicted molar refractivity (Wildman–Crippen MR) is 116 cm³/mol. The van der Waals surface area contributed by atoms with Crippen molar-refractivity contribution in [3.05, 3.63) is 65.5 Å². The van der Waals surface area contributed by atoms with E-state index in [0.717, 1.165) is 23.4 Å². The fourth-order valence-corrected chi connectivity index (χ4v) is 3.55. The normalized spacial score (nSPS) is 11.9. The van der Waals surface area contributed by atoms with Gasteiger partial charge in [0.25, 0.3) is 0 Å². The van der Waals surface area contributed by atoms with Crippen molar-refractivity contribution in [3.63, 3.8) is 0 Å². The number of carbonyl (C=O) groups excluding carboxylic acids is 1. The summed E-state index contributed by atoms with van der Waals surface area (Å²) in [6, 6.07) is 15.8. The summed E-state index contributed by atoms with van der Waals surface area (Å²) in [5.74, 6) is 1.69. The molecule has 1 aromatic heterocycles. The summed E-state index contributed by atoms with van der Waals surface area (Å²) in [7, 11) is 1.88. The third-order valence-corrected chi connectivity index (χ3v) is 5.56. The van der Waals surface area contributed by atoms with E-state index in [1.165, 1.54) is 17.3 Å². The number of ether oxygens (including phenoxy) is 1. The van der Waals surface area contributed by atoms with Crippen molar-refractivity contribution in [2.45, 2.75) is 38.5 Å². The molecule has 0 saturated heterocycles. The van der Waals surface area contributed by atoms with Gasteiger partial charge in [0.1, 0.15) is 5.75 Å². The molecule has 0 fully saturated rings. The third kappa shape index (κ3) is 5.60. The smallest absolute Gasteiger partial charge is 0.234 e. The number of nitrogens with zero attached hydrogens (tertiary/aromatic N) is 3. The summed E-state index contributed by atoms with van der Waals surface area (Å²) in [6.07, 6.45) is 0.743. The first kappa shape index (κ1) is 20.9. The second kappa shape index (κ2) is 9.60. The first-order chi connectivity index (χ1) is 14.0. The minimum Gasteiger partial charge on any atom is -0.483 e. The van der Waals surface area contributed by atoms with Gasteiger partial charge in [-0.05, 0) is 50.1 Å². The van der Waals surface area contributed by atoms with Crippen LogP contribution in [0.1, 0.15) is 36.9 Å². The van der Waals surface area contributed by atoms with Crippen LogP contribution >= 0.6 is 11.8 Å². The highest BCUT2D eigenvalue weighted by Gasteiger charge is 2.18. The van der Waals surface area contributed by atoms with E-state index >= 15 is 0 Å². The lowest BCUT2D eigenvalue weighted by Gasteiger charge is -2.14. The van der Waals surface area contributed by atoms with Crippen LogP contribution in [0.2, 0.25) is 0 Å². The summed E-state index contributed by atoms with van der Waals surface area (Å²) in [4.78, 5) is 12.2. The molecule has 1 atom stereocenters. The molecule has 0 aliphatic heterocycles. The fraction of sp³-hybridized carbons (Fsp3) is 0.318. The van der Waals surface area contributed by atoms with Gasteiger partial charge in [0.15, 0.2) is 17.1 Å². The average Bonchev–Trinajstić information content (AvgIpc) is 3.09. The largest absolute Gasteiger partial charge is 0.483 e. The van der Waals surface area contributed by atoms with Crippen LogP contribution < -0.4 is 10.1 Å². The lowest BCUT2D eigenvalue weighted by Crippen LogP contribution is -2.14. The summed E-state index contributed by atoms with van der Waals surface area (Å²) in [6.45, 7) is 6.08. The highest BCUT2D eigenvalue weighted by atomic mass is 32.2. The Morgan fingerprint density at radius 3 is 2.48 bits per heavy atom. The number of hydrogen-bond donors (Lipinski definition) is 1. The zero-order valence-electron chi connectivity index (χ0n) is 17.2. The molecule has 0 spiro atoms. The minimum absolute atomic E-state index is 0.0799. The topological polar surface area (TPSA) is 69.0 Å². The Morgan fingerprint density at radius 1 is 1.14 bits per heavy atom. The maximum absolute atomic E-state index is 12.2. The van der Waals surface area contributed by atoms with Gasteiger partial charge in [-0.25, -0.2) is 0 Å². The number of benzene rings is 2. The number of nitrogens with one attached hydrogen (secondary N) is 1. The number of aryl methyl sites for hydroxylation is 2. The number of thioether (sulfide) groups is 1. The highest BCUT2D eigenvalue weighted by Crippen LogP contribution is 2.24. The zero-order valence-corrected chi connectivity index (χ0v) is 18.0. The molecule has 152 valence electrons. The molecule has 6 nitrogen and oxygen atoms in total. The van der Waals surface area contributed by atoms with Gasteiger partial charge in [0.05, 0.1) is 5.75 Å². The quantitative estimate of drug-likeness (QED) is 0.552. The molecule has 0 saturated carbocycles. The molecular weight excluding hydrogens is 384 g/mol. The first-order valence-electron chi connectivity index (χ1n) is 9.60. The molecule has 1 N–H and O–H groups in total. The molecule has 0 radical (unpaired) electrons. The lowest BCUT2D eigenvalue weighted by atomic mass is 10.2. The maximum atomic E-state index is 12.2. The van der Waals surface area contributed by atoms with Crippen LogP contribution in [0.25, 0.3) is 0 Å². The van der Waals surface area contributed by atoms with E-state index in [1.54, 1.807) is 0 Å². The van der Waals surface area contributed by atoms with Gasteiger partial charge in [-0.1, -0.05) is 48.5 Å². The number of anilines is 1. The van der Waals surface area contributed by atoms with Crippen LogP contribution in [0.5, 0.6) is 5.75 Å². The standard InChI is InChI=1S/C22H26N4O2S/c1-5-17-8-12-19(13-9-17)28-16(3)21-24-25-22(26(21)4)29-14-20(27)23-18-10-6-15(2)7-11-18/h6-13,16H,5,14H2,1-4H3,(H,23,27)/t16-/m0/s1. The van der Waals surface area contributed by atoms with Crippen molar-refractivity contribution in [2.24, 2.45) is 7.05 Å². The number of aromatic nitrogens is 3. The molecule has 0 unspecified atom stereocenters. The zero-order chi connectivity index (χ0) is 20.8. The van der Waals surface area contributed by atoms with Gasteiger partial charge < -0.3 is 14.6 Å². The fourth-order valence-electron chi connectivity index (χ4n) is 2.83. The summed E-state index contributed by atoms with van der Waals surface area (Å²) in [5.41, 5.74) is 3.21. The van der Waals surface area contributed by atoms with Gasteiger partial charge in [-0.3, -0.25) is 4.79 Å². The number of hydrogen-bond acceptors (Lipinski definition) is 5. The monoisotopic (exact) mass is 410 g/mol. The van der Waals surface area contributed by atoms with Crippen molar-refractivity contribution in [1.82, 2.24) is 14.8 Å². The molecule has 1 heterocycles. The summed E-state index contributed by atoms with van der Waals surface area (Å²) in [5, 5.41) is 12.0. The Bertz CT molecular complexity index is 952. The molecule has 3 rings (SSSR count). The van der Waals surface area contributed by atoms with E-state index in [2.05, 4.69) is 34.6 Å². The molecule has 29 heavy (non-hydrogen) atoms. The minimum atomic E-state index is -0.254. The van der Waals surface area contributed by atoms with Crippen molar-refractivity contribution < 1.29 is 9.53 Å².